The van der Waals surface area contributed by atoms with Gasteiger partial charge in [-0.1, -0.05) is 67.0 Å². The third-order valence-electron chi connectivity index (χ3n) is 4.49. The first-order valence-corrected chi connectivity index (χ1v) is 9.95. The summed E-state index contributed by atoms with van der Waals surface area (Å²) >= 11 is 1.86. The molecule has 0 fully saturated rings. The van der Waals surface area contributed by atoms with Crippen LogP contribution in [0, 0.1) is 25.8 Å². The Labute approximate surface area is 157 Å². The van der Waals surface area contributed by atoms with Gasteiger partial charge in [0, 0.05) is 16.6 Å². The quantitative estimate of drug-likeness (QED) is 0.503. The third kappa shape index (κ3) is 5.83. The molecule has 0 amide bonds. The zero-order chi connectivity index (χ0) is 18.2. The van der Waals surface area contributed by atoms with Crippen molar-refractivity contribution >= 4 is 11.8 Å². The van der Waals surface area contributed by atoms with Crippen molar-refractivity contribution in [3.05, 3.63) is 82.4 Å². The lowest BCUT2D eigenvalue weighted by Crippen LogP contribution is -1.98. The molecule has 1 heteroatoms. The molecular weight excluding hydrogens is 320 g/mol. The van der Waals surface area contributed by atoms with Crippen molar-refractivity contribution in [2.75, 3.05) is 5.75 Å². The van der Waals surface area contributed by atoms with Gasteiger partial charge in [-0.05, 0) is 55.9 Å². The van der Waals surface area contributed by atoms with Crippen LogP contribution in [0.4, 0.5) is 0 Å². The average molecular weight is 348 g/mol. The number of terminal acetylenes is 1. The molecule has 0 heterocycles. The minimum Gasteiger partial charge on any atom is -0.150 e. The maximum absolute atomic E-state index is 6.26. The molecule has 0 saturated carbocycles. The number of aryl methyl sites for hydroxylation is 3. The topological polar surface area (TPSA) is 0 Å². The van der Waals surface area contributed by atoms with Gasteiger partial charge >= 0.3 is 0 Å². The lowest BCUT2D eigenvalue weighted by Gasteiger charge is -2.15. The van der Waals surface area contributed by atoms with Crippen LogP contribution < -0.4 is 0 Å². The molecule has 25 heavy (non-hydrogen) atoms. The van der Waals surface area contributed by atoms with E-state index >= 15 is 0 Å². The first-order valence-electron chi connectivity index (χ1n) is 8.90. The molecule has 0 aliphatic heterocycles. The molecule has 1 radical (unpaired) electrons. The molecule has 2 rings (SSSR count). The lowest BCUT2D eigenvalue weighted by atomic mass is 10.0. The highest BCUT2D eigenvalue weighted by molar-refractivity contribution is 7.99. The highest BCUT2D eigenvalue weighted by Gasteiger charge is 2.11. The van der Waals surface area contributed by atoms with Crippen LogP contribution in [0.1, 0.15) is 53.3 Å². The van der Waals surface area contributed by atoms with Gasteiger partial charge in [0.05, 0.1) is 0 Å². The molecular formula is C24H27S. The summed E-state index contributed by atoms with van der Waals surface area (Å²) < 4.78 is 0. The van der Waals surface area contributed by atoms with Crippen LogP contribution in [0.3, 0.4) is 0 Å². The summed E-state index contributed by atoms with van der Waals surface area (Å²) in [6, 6.07) is 15.2. The van der Waals surface area contributed by atoms with Crippen molar-refractivity contribution in [2.45, 2.75) is 45.3 Å². The number of rotatable bonds is 8. The molecule has 0 N–H and O–H groups in total. The fourth-order valence-corrected chi connectivity index (χ4v) is 3.77. The summed E-state index contributed by atoms with van der Waals surface area (Å²) in [5.74, 6) is 3.66. The number of thioether (sulfide) groups is 1. The van der Waals surface area contributed by atoms with Crippen molar-refractivity contribution in [3.8, 4) is 12.3 Å². The molecule has 2 aromatic rings. The van der Waals surface area contributed by atoms with Crippen LogP contribution in [0.5, 0.6) is 0 Å². The second-order valence-electron chi connectivity index (χ2n) is 6.52. The Balaban J connectivity index is 1.85. The van der Waals surface area contributed by atoms with E-state index in [4.69, 9.17) is 13.0 Å². The molecule has 0 aliphatic carbocycles. The maximum Gasteiger partial charge on any atom is 0.0285 e. The van der Waals surface area contributed by atoms with Crippen LogP contribution in [-0.4, -0.2) is 5.75 Å². The predicted octanol–water partition coefficient (Wildman–Crippen LogP) is 6.33. The van der Waals surface area contributed by atoms with Gasteiger partial charge in [0.25, 0.3) is 0 Å². The molecule has 0 bridgehead atoms. The van der Waals surface area contributed by atoms with E-state index in [0.717, 1.165) is 36.2 Å². The molecule has 129 valence electrons. The molecule has 1 atom stereocenters. The van der Waals surface area contributed by atoms with Crippen LogP contribution in [-0.2, 0) is 12.8 Å². The summed E-state index contributed by atoms with van der Waals surface area (Å²) in [5.41, 5.74) is 7.25. The van der Waals surface area contributed by atoms with Gasteiger partial charge in [0.1, 0.15) is 0 Å². The van der Waals surface area contributed by atoms with Gasteiger partial charge in [-0.2, -0.15) is 0 Å². The number of hydrogen-bond acceptors (Lipinski definition) is 1. The van der Waals surface area contributed by atoms with Gasteiger partial charge < -0.3 is 0 Å². The van der Waals surface area contributed by atoms with Crippen molar-refractivity contribution < 1.29 is 0 Å². The third-order valence-corrected chi connectivity index (χ3v) is 5.78. The SMILES string of the molecule is [CH]=C(CCc1ccc(CC)cc1)CSC(C)c1cc(C)ccc1C#C. The van der Waals surface area contributed by atoms with Crippen molar-refractivity contribution in [3.63, 3.8) is 0 Å². The van der Waals surface area contributed by atoms with Crippen molar-refractivity contribution in [1.29, 1.82) is 0 Å². The minimum absolute atomic E-state index is 0.341. The average Bonchev–Trinajstić information content (AvgIpc) is 2.64. The van der Waals surface area contributed by atoms with Crippen LogP contribution >= 0.6 is 11.8 Å². The molecule has 1 unspecified atom stereocenters. The van der Waals surface area contributed by atoms with Gasteiger partial charge in [-0.25, -0.2) is 0 Å². The zero-order valence-corrected chi connectivity index (χ0v) is 16.3. The van der Waals surface area contributed by atoms with Crippen molar-refractivity contribution in [2.24, 2.45) is 0 Å². The number of hydrogen-bond donors (Lipinski definition) is 0. The van der Waals surface area contributed by atoms with E-state index in [2.05, 4.69) is 63.1 Å². The first kappa shape index (κ1) is 19.4. The van der Waals surface area contributed by atoms with E-state index in [0.29, 0.717) is 5.25 Å². The highest BCUT2D eigenvalue weighted by atomic mass is 32.2. The second-order valence-corrected chi connectivity index (χ2v) is 7.85. The Morgan fingerprint density at radius 2 is 1.80 bits per heavy atom. The summed E-state index contributed by atoms with van der Waals surface area (Å²) in [6.07, 6.45) is 8.66. The molecule has 0 saturated heterocycles. The zero-order valence-electron chi connectivity index (χ0n) is 15.5. The van der Waals surface area contributed by atoms with E-state index in [9.17, 15) is 0 Å². The maximum atomic E-state index is 6.26. The standard InChI is InChI=1S/C24H27S/c1-6-21-11-13-22(14-12-21)10-8-19(4)17-25-20(5)24-16-18(3)9-15-23(24)7-2/h2,4,9,11-16,20H,6,8,10,17H2,1,3,5H3. The molecule has 0 aromatic heterocycles. The summed E-state index contributed by atoms with van der Waals surface area (Å²) in [4.78, 5) is 0. The van der Waals surface area contributed by atoms with Gasteiger partial charge in [0.2, 0.25) is 0 Å². The van der Waals surface area contributed by atoms with Crippen molar-refractivity contribution in [1.82, 2.24) is 0 Å². The Bertz CT molecular complexity index is 747. The Kier molecular flexibility index (Phi) is 7.41. The number of benzene rings is 2. The van der Waals surface area contributed by atoms with E-state index in [1.54, 1.807) is 0 Å². The van der Waals surface area contributed by atoms with Crippen LogP contribution in [0.2, 0.25) is 0 Å². The summed E-state index contributed by atoms with van der Waals surface area (Å²) in [5, 5.41) is 0.341. The van der Waals surface area contributed by atoms with E-state index in [1.807, 2.05) is 17.8 Å². The van der Waals surface area contributed by atoms with Crippen LogP contribution in [0.25, 0.3) is 0 Å². The van der Waals surface area contributed by atoms with E-state index in [1.165, 1.54) is 22.3 Å². The monoisotopic (exact) mass is 347 g/mol. The van der Waals surface area contributed by atoms with Gasteiger partial charge in [-0.15, -0.1) is 18.2 Å². The molecule has 0 nitrogen and oxygen atoms in total. The summed E-state index contributed by atoms with van der Waals surface area (Å²) in [7, 11) is 0. The first-order chi connectivity index (χ1) is 12.0. The van der Waals surface area contributed by atoms with E-state index < -0.39 is 0 Å². The fraction of sp³-hybridized carbons (Fsp3) is 0.333. The largest absolute Gasteiger partial charge is 0.150 e. The minimum atomic E-state index is 0.341. The molecule has 2 aromatic carbocycles. The van der Waals surface area contributed by atoms with Gasteiger partial charge in [0.15, 0.2) is 0 Å². The molecule has 0 aliphatic rings. The normalized spacial score (nSPS) is 11.8. The Hall–Kier alpha value is -1.91. The van der Waals surface area contributed by atoms with Crippen LogP contribution in [0.15, 0.2) is 48.0 Å². The second kappa shape index (κ2) is 9.54. The molecule has 0 spiro atoms. The Morgan fingerprint density at radius 1 is 1.12 bits per heavy atom. The smallest absolute Gasteiger partial charge is 0.0285 e. The summed E-state index contributed by atoms with van der Waals surface area (Å²) in [6.45, 7) is 12.7. The lowest BCUT2D eigenvalue weighted by molar-refractivity contribution is 0.942. The predicted molar refractivity (Wildman–Crippen MR) is 112 cm³/mol. The van der Waals surface area contributed by atoms with Gasteiger partial charge in [-0.3, -0.25) is 0 Å². The van der Waals surface area contributed by atoms with E-state index in [-0.39, 0.29) is 0 Å². The fourth-order valence-electron chi connectivity index (χ4n) is 2.79. The Morgan fingerprint density at radius 3 is 2.44 bits per heavy atom. The highest BCUT2D eigenvalue weighted by Crippen LogP contribution is 2.32.